The third-order valence-corrected chi connectivity index (χ3v) is 3.54. The fourth-order valence-corrected chi connectivity index (χ4v) is 2.08. The molecule has 0 heterocycles. The van der Waals surface area contributed by atoms with Crippen molar-refractivity contribution in [1.29, 1.82) is 0 Å². The Balaban J connectivity index is 1.83. The van der Waals surface area contributed by atoms with Gasteiger partial charge >= 0.3 is 0 Å². The van der Waals surface area contributed by atoms with Crippen molar-refractivity contribution >= 4 is 31.9 Å². The summed E-state index contributed by atoms with van der Waals surface area (Å²) in [6.45, 7) is 1.78. The largest absolute Gasteiger partial charge is 0.309 e. The maximum atomic E-state index is 3.43. The summed E-state index contributed by atoms with van der Waals surface area (Å²) < 4.78 is 2.24. The molecular weight excluding hydrogens is 342 g/mol. The molecule has 2 aromatic carbocycles. The Kier molecular flexibility index (Phi) is 4.77. The van der Waals surface area contributed by atoms with Crippen molar-refractivity contribution in [2.24, 2.45) is 0 Å². The van der Waals surface area contributed by atoms with Gasteiger partial charge in [-0.2, -0.15) is 0 Å². The lowest BCUT2D eigenvalue weighted by molar-refractivity contribution is 0.693. The Hall–Kier alpha value is -0.640. The van der Waals surface area contributed by atoms with Crippen LogP contribution in [0.5, 0.6) is 0 Å². The minimum atomic E-state index is 0.892. The van der Waals surface area contributed by atoms with Gasteiger partial charge in [-0.3, -0.25) is 0 Å². The van der Waals surface area contributed by atoms with E-state index < -0.39 is 0 Å². The predicted molar refractivity (Wildman–Crippen MR) is 78.8 cm³/mol. The second-order valence-electron chi connectivity index (χ2n) is 3.86. The van der Waals surface area contributed by atoms with Gasteiger partial charge in [0.2, 0.25) is 0 Å². The van der Waals surface area contributed by atoms with Crippen molar-refractivity contribution in [3.63, 3.8) is 0 Å². The van der Waals surface area contributed by atoms with Gasteiger partial charge in [-0.05, 0) is 35.4 Å². The van der Waals surface area contributed by atoms with Crippen LogP contribution in [0.3, 0.4) is 0 Å². The molecule has 17 heavy (non-hydrogen) atoms. The Morgan fingerprint density at radius 1 is 0.647 bits per heavy atom. The van der Waals surface area contributed by atoms with Gasteiger partial charge in [0, 0.05) is 22.0 Å². The van der Waals surface area contributed by atoms with Crippen LogP contribution in [-0.4, -0.2) is 0 Å². The van der Waals surface area contributed by atoms with Gasteiger partial charge in [0.25, 0.3) is 0 Å². The Morgan fingerprint density at radius 3 is 1.35 bits per heavy atom. The van der Waals surface area contributed by atoms with Crippen molar-refractivity contribution < 1.29 is 0 Å². The first-order chi connectivity index (χ1) is 8.24. The lowest BCUT2D eigenvalue weighted by Gasteiger charge is -2.05. The highest BCUT2D eigenvalue weighted by atomic mass is 79.9. The van der Waals surface area contributed by atoms with Crippen LogP contribution in [0.1, 0.15) is 11.1 Å². The molecule has 2 rings (SSSR count). The SMILES string of the molecule is Brc1ccc(CNCc2ccc(Br)cc2)cc1. The summed E-state index contributed by atoms with van der Waals surface area (Å²) in [4.78, 5) is 0. The molecule has 0 amide bonds. The minimum Gasteiger partial charge on any atom is -0.309 e. The van der Waals surface area contributed by atoms with Gasteiger partial charge in [-0.25, -0.2) is 0 Å². The molecule has 1 nitrogen and oxygen atoms in total. The van der Waals surface area contributed by atoms with E-state index in [-0.39, 0.29) is 0 Å². The summed E-state index contributed by atoms with van der Waals surface area (Å²) in [6.07, 6.45) is 0. The first kappa shape index (κ1) is 12.8. The van der Waals surface area contributed by atoms with E-state index in [0.717, 1.165) is 22.0 Å². The highest BCUT2D eigenvalue weighted by molar-refractivity contribution is 9.10. The molecule has 0 fully saturated rings. The van der Waals surface area contributed by atoms with Crippen molar-refractivity contribution in [3.8, 4) is 0 Å². The molecule has 2 aromatic rings. The van der Waals surface area contributed by atoms with E-state index in [0.29, 0.717) is 0 Å². The van der Waals surface area contributed by atoms with Gasteiger partial charge in [0.15, 0.2) is 0 Å². The Bertz CT molecular complexity index is 417. The first-order valence-corrected chi connectivity index (χ1v) is 7.02. The van der Waals surface area contributed by atoms with Gasteiger partial charge in [0.05, 0.1) is 0 Å². The molecule has 1 N–H and O–H groups in total. The molecule has 0 aliphatic rings. The fourth-order valence-electron chi connectivity index (χ4n) is 1.56. The minimum absolute atomic E-state index is 0.892. The first-order valence-electron chi connectivity index (χ1n) is 5.43. The Morgan fingerprint density at radius 2 is 1.00 bits per heavy atom. The topological polar surface area (TPSA) is 12.0 Å². The Labute approximate surface area is 119 Å². The lowest BCUT2D eigenvalue weighted by Crippen LogP contribution is -2.12. The van der Waals surface area contributed by atoms with Gasteiger partial charge in [-0.15, -0.1) is 0 Å². The quantitative estimate of drug-likeness (QED) is 0.852. The number of halogens is 2. The molecule has 0 saturated carbocycles. The van der Waals surface area contributed by atoms with Crippen LogP contribution < -0.4 is 5.32 Å². The molecule has 88 valence electrons. The average molecular weight is 355 g/mol. The van der Waals surface area contributed by atoms with Crippen molar-refractivity contribution in [3.05, 3.63) is 68.6 Å². The molecule has 0 aliphatic heterocycles. The lowest BCUT2D eigenvalue weighted by atomic mass is 10.2. The highest BCUT2D eigenvalue weighted by Gasteiger charge is 1.95. The summed E-state index contributed by atoms with van der Waals surface area (Å²) >= 11 is 6.86. The second-order valence-corrected chi connectivity index (χ2v) is 5.69. The summed E-state index contributed by atoms with van der Waals surface area (Å²) in [5.41, 5.74) is 2.59. The van der Waals surface area contributed by atoms with E-state index in [1.165, 1.54) is 11.1 Å². The molecule has 0 aliphatic carbocycles. The van der Waals surface area contributed by atoms with Crippen molar-refractivity contribution in [1.82, 2.24) is 5.32 Å². The number of hydrogen-bond donors (Lipinski definition) is 1. The summed E-state index contributed by atoms with van der Waals surface area (Å²) in [7, 11) is 0. The third-order valence-electron chi connectivity index (χ3n) is 2.48. The van der Waals surface area contributed by atoms with Crippen LogP contribution >= 0.6 is 31.9 Å². The molecule has 0 spiro atoms. The van der Waals surface area contributed by atoms with Crippen LogP contribution in [-0.2, 0) is 13.1 Å². The third kappa shape index (κ3) is 4.26. The molecule has 0 bridgehead atoms. The molecule has 0 unspecified atom stereocenters. The zero-order chi connectivity index (χ0) is 12.1. The van der Waals surface area contributed by atoms with Crippen LogP contribution in [0.15, 0.2) is 57.5 Å². The summed E-state index contributed by atoms with van der Waals surface area (Å²) in [5.74, 6) is 0. The van der Waals surface area contributed by atoms with Crippen LogP contribution in [0.25, 0.3) is 0 Å². The number of benzene rings is 2. The smallest absolute Gasteiger partial charge is 0.0208 e. The highest BCUT2D eigenvalue weighted by Crippen LogP contribution is 2.12. The standard InChI is InChI=1S/C14H13Br2N/c15-13-5-1-11(2-6-13)9-17-10-12-3-7-14(16)8-4-12/h1-8,17H,9-10H2. The van der Waals surface area contributed by atoms with E-state index in [1.54, 1.807) is 0 Å². The van der Waals surface area contributed by atoms with Crippen molar-refractivity contribution in [2.75, 3.05) is 0 Å². The molecule has 0 aromatic heterocycles. The summed E-state index contributed by atoms with van der Waals surface area (Å²) in [5, 5.41) is 3.43. The van der Waals surface area contributed by atoms with Crippen LogP contribution in [0.2, 0.25) is 0 Å². The monoisotopic (exact) mass is 353 g/mol. The number of rotatable bonds is 4. The van der Waals surface area contributed by atoms with E-state index in [1.807, 2.05) is 0 Å². The van der Waals surface area contributed by atoms with E-state index in [4.69, 9.17) is 0 Å². The van der Waals surface area contributed by atoms with Crippen LogP contribution in [0.4, 0.5) is 0 Å². The van der Waals surface area contributed by atoms with Gasteiger partial charge in [-0.1, -0.05) is 56.1 Å². The normalized spacial score (nSPS) is 10.5. The van der Waals surface area contributed by atoms with E-state index in [2.05, 4.69) is 85.7 Å². The van der Waals surface area contributed by atoms with Crippen molar-refractivity contribution in [2.45, 2.75) is 13.1 Å². The zero-order valence-electron chi connectivity index (χ0n) is 9.29. The fraction of sp³-hybridized carbons (Fsp3) is 0.143. The number of hydrogen-bond acceptors (Lipinski definition) is 1. The second kappa shape index (κ2) is 6.34. The average Bonchev–Trinajstić information content (AvgIpc) is 2.34. The van der Waals surface area contributed by atoms with Gasteiger partial charge in [0.1, 0.15) is 0 Å². The molecular formula is C14H13Br2N. The molecule has 0 radical (unpaired) electrons. The molecule has 0 saturated heterocycles. The van der Waals surface area contributed by atoms with Crippen LogP contribution in [0, 0.1) is 0 Å². The summed E-state index contributed by atoms with van der Waals surface area (Å²) in [6, 6.07) is 16.8. The van der Waals surface area contributed by atoms with E-state index in [9.17, 15) is 0 Å². The predicted octanol–water partition coefficient (Wildman–Crippen LogP) is 4.50. The maximum Gasteiger partial charge on any atom is 0.0208 e. The zero-order valence-corrected chi connectivity index (χ0v) is 12.5. The van der Waals surface area contributed by atoms with Gasteiger partial charge < -0.3 is 5.32 Å². The maximum absolute atomic E-state index is 3.43. The molecule has 0 atom stereocenters. The van der Waals surface area contributed by atoms with E-state index >= 15 is 0 Å². The molecule has 3 heteroatoms. The number of nitrogens with one attached hydrogen (secondary N) is 1.